The van der Waals surface area contributed by atoms with Crippen molar-refractivity contribution in [2.45, 2.75) is 19.3 Å². The number of nitrogens with zero attached hydrogens (tertiary/aromatic N) is 3. The lowest BCUT2D eigenvalue weighted by molar-refractivity contribution is 0.288. The molecule has 13 heavy (non-hydrogen) atoms. The summed E-state index contributed by atoms with van der Waals surface area (Å²) >= 11 is 0. The van der Waals surface area contributed by atoms with E-state index in [0.717, 1.165) is 24.2 Å². The lowest BCUT2D eigenvalue weighted by Gasteiger charge is -2.17. The average Bonchev–Trinajstić information content (AvgIpc) is 2.77. The minimum Gasteiger partial charge on any atom is -0.339 e. The lowest BCUT2D eigenvalue weighted by atomic mass is 9.93. The summed E-state index contributed by atoms with van der Waals surface area (Å²) in [6.07, 6.45) is 1.30. The Morgan fingerprint density at radius 2 is 2.38 bits per heavy atom. The highest BCUT2D eigenvalue weighted by molar-refractivity contribution is 5.05. The number of rotatable bonds is 1. The van der Waals surface area contributed by atoms with Gasteiger partial charge in [0.2, 0.25) is 5.89 Å². The van der Waals surface area contributed by atoms with Crippen LogP contribution in [-0.4, -0.2) is 34.7 Å². The number of hydrogen-bond donors (Lipinski definition) is 0. The van der Waals surface area contributed by atoms with Gasteiger partial charge in [-0.15, -0.1) is 0 Å². The first-order valence-electron chi connectivity index (χ1n) is 4.85. The molecule has 0 radical (unpaired) electrons. The van der Waals surface area contributed by atoms with E-state index in [4.69, 9.17) is 4.52 Å². The molecule has 4 nitrogen and oxygen atoms in total. The number of aromatic nitrogens is 2. The molecule has 3 heterocycles. The Hall–Kier alpha value is -0.900. The number of fused-ring (bicyclic) bond motifs is 2. The van der Waals surface area contributed by atoms with Gasteiger partial charge in [-0.1, -0.05) is 5.16 Å². The number of aryl methyl sites for hydroxylation is 1. The van der Waals surface area contributed by atoms with E-state index in [1.54, 1.807) is 0 Å². The van der Waals surface area contributed by atoms with Crippen LogP contribution in [0, 0.1) is 12.8 Å². The van der Waals surface area contributed by atoms with E-state index in [1.807, 2.05) is 6.92 Å². The topological polar surface area (TPSA) is 42.2 Å². The molecule has 0 amide bonds. The van der Waals surface area contributed by atoms with Gasteiger partial charge in [-0.3, -0.25) is 0 Å². The first-order chi connectivity index (χ1) is 6.33. The van der Waals surface area contributed by atoms with Crippen LogP contribution < -0.4 is 0 Å². The highest BCUT2D eigenvalue weighted by Gasteiger charge is 2.41. The van der Waals surface area contributed by atoms with Crippen molar-refractivity contribution in [2.24, 2.45) is 5.92 Å². The molecule has 1 unspecified atom stereocenters. The van der Waals surface area contributed by atoms with E-state index < -0.39 is 0 Å². The second kappa shape index (κ2) is 2.54. The van der Waals surface area contributed by atoms with E-state index in [1.165, 1.54) is 19.5 Å². The zero-order valence-corrected chi connectivity index (χ0v) is 7.73. The van der Waals surface area contributed by atoms with Crippen molar-refractivity contribution in [3.05, 3.63) is 11.7 Å². The summed E-state index contributed by atoms with van der Waals surface area (Å²) in [5, 5.41) is 3.84. The van der Waals surface area contributed by atoms with Crippen LogP contribution in [0.25, 0.3) is 0 Å². The standard InChI is InChI=1S/C9H13N3O/c1-6-10-9(13-11-6)8-5-12-3-2-7(8)4-12/h7-8H,2-5H2,1H3/t7-,8+/m0/s1. The fourth-order valence-corrected chi connectivity index (χ4v) is 2.53. The maximum atomic E-state index is 5.21. The van der Waals surface area contributed by atoms with Gasteiger partial charge < -0.3 is 9.42 Å². The summed E-state index contributed by atoms with van der Waals surface area (Å²) < 4.78 is 5.21. The van der Waals surface area contributed by atoms with Crippen molar-refractivity contribution in [1.82, 2.24) is 15.0 Å². The van der Waals surface area contributed by atoms with Crippen LogP contribution in [0.4, 0.5) is 0 Å². The van der Waals surface area contributed by atoms with E-state index in [-0.39, 0.29) is 0 Å². The summed E-state index contributed by atoms with van der Waals surface area (Å²) in [6, 6.07) is 0. The molecule has 2 bridgehead atoms. The molecule has 0 aromatic carbocycles. The molecule has 2 saturated heterocycles. The predicted molar refractivity (Wildman–Crippen MR) is 46.3 cm³/mol. The Labute approximate surface area is 76.9 Å². The van der Waals surface area contributed by atoms with Crippen LogP contribution in [0.5, 0.6) is 0 Å². The van der Waals surface area contributed by atoms with Gasteiger partial charge in [0.15, 0.2) is 5.82 Å². The van der Waals surface area contributed by atoms with Crippen LogP contribution in [0.1, 0.15) is 24.1 Å². The second-order valence-corrected chi connectivity index (χ2v) is 4.09. The third-order valence-electron chi connectivity index (χ3n) is 3.19. The van der Waals surface area contributed by atoms with Gasteiger partial charge in [-0.25, -0.2) is 0 Å². The SMILES string of the molecule is Cc1noc([C@@H]2CN3CC[C@H]2C3)n1. The zero-order chi connectivity index (χ0) is 8.84. The van der Waals surface area contributed by atoms with Gasteiger partial charge in [-0.05, 0) is 25.8 Å². The first-order valence-corrected chi connectivity index (χ1v) is 4.85. The normalized spacial score (nSPS) is 37.2. The maximum absolute atomic E-state index is 5.21. The van der Waals surface area contributed by atoms with Gasteiger partial charge in [0.25, 0.3) is 0 Å². The van der Waals surface area contributed by atoms with E-state index in [9.17, 15) is 0 Å². The third-order valence-corrected chi connectivity index (χ3v) is 3.19. The number of piperidine rings is 1. The zero-order valence-electron chi connectivity index (χ0n) is 7.73. The van der Waals surface area contributed by atoms with Gasteiger partial charge in [0.1, 0.15) is 0 Å². The lowest BCUT2D eigenvalue weighted by Crippen LogP contribution is -2.22. The van der Waals surface area contributed by atoms with Crippen LogP contribution in [0.2, 0.25) is 0 Å². The summed E-state index contributed by atoms with van der Waals surface area (Å²) in [5.41, 5.74) is 0. The van der Waals surface area contributed by atoms with Crippen molar-refractivity contribution in [3.63, 3.8) is 0 Å². The highest BCUT2D eigenvalue weighted by Crippen LogP contribution is 2.38. The summed E-state index contributed by atoms with van der Waals surface area (Å²) in [7, 11) is 0. The molecule has 70 valence electrons. The van der Waals surface area contributed by atoms with Crippen molar-refractivity contribution < 1.29 is 4.52 Å². The van der Waals surface area contributed by atoms with Gasteiger partial charge in [-0.2, -0.15) is 4.98 Å². The van der Waals surface area contributed by atoms with Crippen LogP contribution in [-0.2, 0) is 0 Å². The van der Waals surface area contributed by atoms with Crippen molar-refractivity contribution in [1.29, 1.82) is 0 Å². The van der Waals surface area contributed by atoms with Gasteiger partial charge >= 0.3 is 0 Å². The highest BCUT2D eigenvalue weighted by atomic mass is 16.5. The van der Waals surface area contributed by atoms with Gasteiger partial charge in [0, 0.05) is 13.1 Å². The Morgan fingerprint density at radius 3 is 2.92 bits per heavy atom. The monoisotopic (exact) mass is 179 g/mol. The predicted octanol–water partition coefficient (Wildman–Crippen LogP) is 0.797. The second-order valence-electron chi connectivity index (χ2n) is 4.09. The summed E-state index contributed by atoms with van der Waals surface area (Å²) in [5.74, 6) is 2.88. The summed E-state index contributed by atoms with van der Waals surface area (Å²) in [6.45, 7) is 5.48. The van der Waals surface area contributed by atoms with E-state index in [0.29, 0.717) is 5.92 Å². The summed E-state index contributed by atoms with van der Waals surface area (Å²) in [4.78, 5) is 6.79. The Bertz CT molecular complexity index is 322. The molecular weight excluding hydrogens is 166 g/mol. The maximum Gasteiger partial charge on any atom is 0.231 e. The molecule has 2 aliphatic rings. The van der Waals surface area contributed by atoms with Crippen molar-refractivity contribution >= 4 is 0 Å². The average molecular weight is 179 g/mol. The largest absolute Gasteiger partial charge is 0.339 e. The minimum atomic E-state index is 0.509. The van der Waals surface area contributed by atoms with Crippen LogP contribution >= 0.6 is 0 Å². The number of hydrogen-bond acceptors (Lipinski definition) is 4. The fraction of sp³-hybridized carbons (Fsp3) is 0.778. The van der Waals surface area contributed by atoms with Crippen LogP contribution in [0.15, 0.2) is 4.52 Å². The van der Waals surface area contributed by atoms with E-state index in [2.05, 4.69) is 15.0 Å². The van der Waals surface area contributed by atoms with Crippen LogP contribution in [0.3, 0.4) is 0 Å². The molecule has 2 fully saturated rings. The molecule has 1 aromatic rings. The molecule has 3 rings (SSSR count). The first kappa shape index (κ1) is 7.50. The molecule has 3 atom stereocenters. The Balaban J connectivity index is 1.87. The minimum absolute atomic E-state index is 0.509. The van der Waals surface area contributed by atoms with Crippen molar-refractivity contribution in [3.8, 4) is 0 Å². The third kappa shape index (κ3) is 1.09. The molecule has 4 heteroatoms. The molecule has 0 N–H and O–H groups in total. The molecule has 2 aliphatic heterocycles. The molecular formula is C9H13N3O. The molecule has 0 aliphatic carbocycles. The quantitative estimate of drug-likeness (QED) is 0.639. The molecule has 0 spiro atoms. The molecule has 0 saturated carbocycles. The Morgan fingerprint density at radius 1 is 1.46 bits per heavy atom. The Kier molecular flexibility index (Phi) is 1.47. The molecule has 1 aromatic heterocycles. The van der Waals surface area contributed by atoms with E-state index >= 15 is 0 Å². The van der Waals surface area contributed by atoms with Gasteiger partial charge in [0.05, 0.1) is 5.92 Å². The van der Waals surface area contributed by atoms with Crippen molar-refractivity contribution in [2.75, 3.05) is 19.6 Å². The fourth-order valence-electron chi connectivity index (χ4n) is 2.53. The smallest absolute Gasteiger partial charge is 0.231 e.